The summed E-state index contributed by atoms with van der Waals surface area (Å²) >= 11 is 1.43. The number of carbonyl (C=O) groups is 1. The second-order valence-corrected chi connectivity index (χ2v) is 5.76. The molecule has 1 aliphatic heterocycles. The van der Waals surface area contributed by atoms with E-state index in [2.05, 4.69) is 4.99 Å². The van der Waals surface area contributed by atoms with E-state index in [1.807, 2.05) is 24.3 Å². The van der Waals surface area contributed by atoms with Crippen LogP contribution in [0.4, 0.5) is 5.69 Å². The number of hydrogen-bond donors (Lipinski definition) is 0. The molecule has 0 fully saturated rings. The number of nitrogens with zero attached hydrogens (tertiary/aromatic N) is 2. The Balaban J connectivity index is 1.95. The molecule has 0 spiro atoms. The number of thiophene rings is 1. The summed E-state index contributed by atoms with van der Waals surface area (Å²) < 4.78 is 5.15. The number of carbonyl (C=O) groups excluding carboxylic acids is 1. The summed E-state index contributed by atoms with van der Waals surface area (Å²) in [5, 5.41) is 12.8. The normalized spacial score (nSPS) is 15.4. The molecule has 2 aromatic rings. The van der Waals surface area contributed by atoms with Crippen LogP contribution in [0.2, 0.25) is 6.82 Å². The van der Waals surface area contributed by atoms with Crippen LogP contribution in [-0.4, -0.2) is 24.1 Å². The van der Waals surface area contributed by atoms with Gasteiger partial charge in [0.15, 0.2) is 13.0 Å². The zero-order chi connectivity index (χ0) is 16.4. The van der Waals surface area contributed by atoms with Crippen LogP contribution in [0.15, 0.2) is 46.4 Å². The van der Waals surface area contributed by atoms with E-state index in [0.29, 0.717) is 18.3 Å². The average Bonchev–Trinajstić information content (AvgIpc) is 3.17. The predicted molar refractivity (Wildman–Crippen MR) is 90.7 cm³/mol. The highest BCUT2D eigenvalue weighted by atomic mass is 32.1. The van der Waals surface area contributed by atoms with Crippen molar-refractivity contribution in [3.63, 3.8) is 0 Å². The molecule has 3 rings (SSSR count). The second-order valence-electron chi connectivity index (χ2n) is 4.81. The lowest BCUT2D eigenvalue weighted by Gasteiger charge is -2.01. The number of nitro benzene ring substituents is 1. The minimum absolute atomic E-state index is 0.0754. The average molecular weight is 326 g/mol. The first kappa shape index (κ1) is 15.2. The zero-order valence-corrected chi connectivity index (χ0v) is 13.0. The summed E-state index contributed by atoms with van der Waals surface area (Å²) in [6.45, 7) is 1.84. The van der Waals surface area contributed by atoms with Crippen LogP contribution in [0.3, 0.4) is 0 Å². The quantitative estimate of drug-likeness (QED) is 0.283. The van der Waals surface area contributed by atoms with E-state index in [4.69, 9.17) is 4.74 Å². The van der Waals surface area contributed by atoms with Gasteiger partial charge in [-0.15, -0.1) is 11.3 Å². The molecule has 8 heteroatoms. The molecule has 114 valence electrons. The Morgan fingerprint density at radius 2 is 2.22 bits per heavy atom. The monoisotopic (exact) mass is 326 g/mol. The van der Waals surface area contributed by atoms with Crippen molar-refractivity contribution in [2.24, 2.45) is 4.99 Å². The van der Waals surface area contributed by atoms with Crippen molar-refractivity contribution >= 4 is 47.7 Å². The smallest absolute Gasteiger partial charge is 0.363 e. The first-order chi connectivity index (χ1) is 11.1. The lowest BCUT2D eigenvalue weighted by molar-refractivity contribution is -0.383. The van der Waals surface area contributed by atoms with Gasteiger partial charge in [-0.3, -0.25) is 10.1 Å². The molecule has 1 aliphatic rings. The van der Waals surface area contributed by atoms with Crippen LogP contribution in [0.5, 0.6) is 0 Å². The van der Waals surface area contributed by atoms with Crippen LogP contribution >= 0.6 is 11.3 Å². The number of benzene rings is 1. The number of rotatable bonds is 4. The number of hydrogen-bond acceptors (Lipinski definition) is 6. The van der Waals surface area contributed by atoms with E-state index in [0.717, 1.165) is 4.88 Å². The van der Waals surface area contributed by atoms with Crippen molar-refractivity contribution in [2.75, 3.05) is 0 Å². The van der Waals surface area contributed by atoms with E-state index in [9.17, 15) is 14.9 Å². The first-order valence-electron chi connectivity index (χ1n) is 6.92. The van der Waals surface area contributed by atoms with E-state index in [1.54, 1.807) is 18.2 Å². The third-order valence-corrected chi connectivity index (χ3v) is 4.19. The molecular formula is C15H11BN2O4S. The molecule has 2 heterocycles. The molecule has 0 aliphatic carbocycles. The molecular weight excluding hydrogens is 315 g/mol. The number of aliphatic imine (C=N–C) groups is 1. The van der Waals surface area contributed by atoms with Gasteiger partial charge in [0.25, 0.3) is 5.69 Å². The Bertz CT molecular complexity index is 843. The summed E-state index contributed by atoms with van der Waals surface area (Å²) in [5.41, 5.74) is 1.55. The van der Waals surface area contributed by atoms with Gasteiger partial charge in [0.05, 0.1) is 9.80 Å². The van der Waals surface area contributed by atoms with Crippen LogP contribution in [0, 0.1) is 10.1 Å². The predicted octanol–water partition coefficient (Wildman–Crippen LogP) is 2.11. The third-order valence-electron chi connectivity index (χ3n) is 3.34. The number of cyclic esters (lactones) is 1. The fourth-order valence-corrected chi connectivity index (χ4v) is 2.88. The maximum atomic E-state index is 11.9. The highest BCUT2D eigenvalue weighted by Gasteiger charge is 2.24. The minimum Gasteiger partial charge on any atom is -0.401 e. The Labute approximate surface area is 136 Å². The number of esters is 1. The van der Waals surface area contributed by atoms with Gasteiger partial charge < -0.3 is 4.74 Å². The van der Waals surface area contributed by atoms with Crippen molar-refractivity contribution in [3.05, 3.63) is 62.0 Å². The van der Waals surface area contributed by atoms with Crippen molar-refractivity contribution in [1.29, 1.82) is 0 Å². The molecule has 0 N–H and O–H groups in total. The molecule has 0 radical (unpaired) electrons. The van der Waals surface area contributed by atoms with Crippen LogP contribution in [0.1, 0.15) is 10.4 Å². The topological polar surface area (TPSA) is 81.8 Å². The largest absolute Gasteiger partial charge is 0.401 e. The summed E-state index contributed by atoms with van der Waals surface area (Å²) in [6.07, 6.45) is 1.58. The first-order valence-corrected chi connectivity index (χ1v) is 7.80. The summed E-state index contributed by atoms with van der Waals surface area (Å²) in [6, 6.07) is 8.39. The van der Waals surface area contributed by atoms with Gasteiger partial charge in [0, 0.05) is 6.07 Å². The van der Waals surface area contributed by atoms with Crippen LogP contribution in [0.25, 0.3) is 6.08 Å². The van der Waals surface area contributed by atoms with Crippen molar-refractivity contribution in [3.8, 4) is 0 Å². The Morgan fingerprint density at radius 3 is 2.87 bits per heavy atom. The third kappa shape index (κ3) is 3.07. The summed E-state index contributed by atoms with van der Waals surface area (Å²) in [4.78, 5) is 27.4. The molecule has 0 atom stereocenters. The highest BCUT2D eigenvalue weighted by Crippen LogP contribution is 2.22. The molecule has 0 amide bonds. The highest BCUT2D eigenvalue weighted by molar-refractivity contribution is 7.12. The lowest BCUT2D eigenvalue weighted by atomic mass is 9.72. The van der Waals surface area contributed by atoms with Gasteiger partial charge in [-0.1, -0.05) is 19.0 Å². The fraction of sp³-hybridized carbons (Fsp3) is 0.0667. The molecule has 1 aromatic heterocycles. The fourth-order valence-electron chi connectivity index (χ4n) is 2.23. The van der Waals surface area contributed by atoms with E-state index >= 15 is 0 Å². The van der Waals surface area contributed by atoms with Gasteiger partial charge in [0.2, 0.25) is 5.90 Å². The lowest BCUT2D eigenvalue weighted by Crippen LogP contribution is -2.16. The van der Waals surface area contributed by atoms with Gasteiger partial charge in [0.1, 0.15) is 0 Å². The van der Waals surface area contributed by atoms with E-state index < -0.39 is 10.9 Å². The molecule has 1 aromatic carbocycles. The van der Waals surface area contributed by atoms with E-state index in [1.165, 1.54) is 17.4 Å². The van der Waals surface area contributed by atoms with Crippen molar-refractivity contribution < 1.29 is 14.5 Å². The number of ether oxygens (including phenoxy) is 1. The van der Waals surface area contributed by atoms with Gasteiger partial charge in [-0.25, -0.2) is 9.79 Å². The molecule has 0 unspecified atom stereocenters. The van der Waals surface area contributed by atoms with Gasteiger partial charge >= 0.3 is 5.97 Å². The summed E-state index contributed by atoms with van der Waals surface area (Å²) in [7, 11) is 0.529. The van der Waals surface area contributed by atoms with Crippen molar-refractivity contribution in [2.45, 2.75) is 6.82 Å². The Hall–Kier alpha value is -2.74. The van der Waals surface area contributed by atoms with Gasteiger partial charge in [-0.2, -0.15) is 0 Å². The van der Waals surface area contributed by atoms with E-state index in [-0.39, 0.29) is 17.3 Å². The van der Waals surface area contributed by atoms with Crippen LogP contribution < -0.4 is 5.46 Å². The van der Waals surface area contributed by atoms with Crippen LogP contribution in [-0.2, 0) is 9.53 Å². The van der Waals surface area contributed by atoms with Gasteiger partial charge in [-0.05, 0) is 34.6 Å². The molecule has 0 saturated heterocycles. The van der Waals surface area contributed by atoms with Crippen molar-refractivity contribution in [1.82, 2.24) is 0 Å². The second kappa shape index (κ2) is 6.17. The minimum atomic E-state index is -0.523. The molecule has 0 bridgehead atoms. The number of nitro groups is 1. The summed E-state index contributed by atoms with van der Waals surface area (Å²) in [5.74, 6) is -0.237. The molecule has 23 heavy (non-hydrogen) atoms. The maximum Gasteiger partial charge on any atom is 0.363 e. The Kier molecular flexibility index (Phi) is 4.07. The SMILES string of the molecule is CBc1cc(/C=C2\N=C(c3cccs3)OC2=O)ccc1[N+](=O)[O-]. The molecule has 0 saturated carbocycles. The standard InChI is InChI=1S/C15H11BN2O4S/c1-16-10-7-9(4-5-12(10)18(20)21)8-11-15(19)22-14(17-11)13-3-2-6-23-13/h2-8,16H,1H3/b11-8-. The Morgan fingerprint density at radius 1 is 1.39 bits per heavy atom. The zero-order valence-electron chi connectivity index (χ0n) is 12.2. The molecule has 6 nitrogen and oxygen atoms in total. The maximum absolute atomic E-state index is 11.9.